The minimum atomic E-state index is 0.174. The Kier molecular flexibility index (Phi) is 3.93. The summed E-state index contributed by atoms with van der Waals surface area (Å²) < 4.78 is 0. The first-order valence-corrected chi connectivity index (χ1v) is 4.81. The Bertz CT molecular complexity index is 373. The molecule has 15 heavy (non-hydrogen) atoms. The summed E-state index contributed by atoms with van der Waals surface area (Å²) >= 11 is 4.67. The minimum absolute atomic E-state index is 0.174. The van der Waals surface area contributed by atoms with Gasteiger partial charge in [0.15, 0.2) is 5.11 Å². The van der Waals surface area contributed by atoms with Crippen molar-refractivity contribution in [2.24, 2.45) is 5.73 Å². The molecule has 5 N–H and O–H groups in total. The third kappa shape index (κ3) is 3.47. The average molecular weight is 223 g/mol. The summed E-state index contributed by atoms with van der Waals surface area (Å²) in [5, 5.41) is 9.31. The molecular formula is C10H13N3OS. The zero-order chi connectivity index (χ0) is 11.3. The van der Waals surface area contributed by atoms with E-state index in [-0.39, 0.29) is 10.9 Å². The molecule has 0 saturated heterocycles. The molecule has 0 saturated carbocycles. The summed E-state index contributed by atoms with van der Waals surface area (Å²) in [6.45, 7) is 1.89. The minimum Gasteiger partial charge on any atom is -0.508 e. The molecule has 5 heteroatoms. The highest BCUT2D eigenvalue weighted by molar-refractivity contribution is 7.80. The summed E-state index contributed by atoms with van der Waals surface area (Å²) in [7, 11) is 0. The first-order valence-electron chi connectivity index (χ1n) is 4.40. The quantitative estimate of drug-likeness (QED) is 0.456. The van der Waals surface area contributed by atoms with Crippen molar-refractivity contribution >= 4 is 23.0 Å². The molecule has 0 atom stereocenters. The van der Waals surface area contributed by atoms with Gasteiger partial charge in [0.25, 0.3) is 0 Å². The molecule has 0 unspecified atom stereocenters. The molecule has 0 aromatic heterocycles. The fourth-order valence-corrected chi connectivity index (χ4v) is 1.13. The highest BCUT2D eigenvalue weighted by Gasteiger charge is 1.99. The van der Waals surface area contributed by atoms with Crippen LogP contribution in [0.1, 0.15) is 12.5 Å². The van der Waals surface area contributed by atoms with E-state index in [1.54, 1.807) is 24.3 Å². The lowest BCUT2D eigenvalue weighted by Crippen LogP contribution is -2.39. The number of hydrazine groups is 1. The molecular weight excluding hydrogens is 210 g/mol. The standard InChI is InChI=1S/C10H13N3OS/c1-2-9(12-13-10(11)15)7-3-5-8(14)6-4-7/h2-6,12,14H,1H3,(H3,11,13,15)/b9-2+. The second kappa shape index (κ2) is 5.21. The summed E-state index contributed by atoms with van der Waals surface area (Å²) in [4.78, 5) is 0. The van der Waals surface area contributed by atoms with Crippen molar-refractivity contribution in [3.8, 4) is 5.75 Å². The molecule has 0 radical (unpaired) electrons. The van der Waals surface area contributed by atoms with E-state index < -0.39 is 0 Å². The number of phenols is 1. The van der Waals surface area contributed by atoms with Crippen molar-refractivity contribution < 1.29 is 5.11 Å². The van der Waals surface area contributed by atoms with Gasteiger partial charge in [-0.15, -0.1) is 0 Å². The van der Waals surface area contributed by atoms with Crippen LogP contribution in [0.4, 0.5) is 0 Å². The third-order valence-electron chi connectivity index (χ3n) is 1.79. The summed E-state index contributed by atoms with van der Waals surface area (Å²) in [5.41, 5.74) is 12.6. The molecule has 0 fully saturated rings. The van der Waals surface area contributed by atoms with Crippen molar-refractivity contribution in [3.05, 3.63) is 35.9 Å². The SMILES string of the molecule is C/C=C(/NNC(N)=S)c1ccc(O)cc1. The van der Waals surface area contributed by atoms with Gasteiger partial charge in [-0.05, 0) is 49.0 Å². The summed E-state index contributed by atoms with van der Waals surface area (Å²) in [6, 6.07) is 6.81. The van der Waals surface area contributed by atoms with Crippen LogP contribution in [-0.2, 0) is 0 Å². The lowest BCUT2D eigenvalue weighted by Gasteiger charge is -2.11. The Hall–Kier alpha value is -1.75. The molecule has 4 nitrogen and oxygen atoms in total. The molecule has 0 amide bonds. The number of hydrogen-bond acceptors (Lipinski definition) is 3. The van der Waals surface area contributed by atoms with E-state index in [4.69, 9.17) is 10.8 Å². The Labute approximate surface area is 93.8 Å². The number of aromatic hydroxyl groups is 1. The molecule has 1 aromatic rings. The van der Waals surface area contributed by atoms with Crippen molar-refractivity contribution in [1.82, 2.24) is 10.9 Å². The lowest BCUT2D eigenvalue weighted by molar-refractivity contribution is 0.475. The van der Waals surface area contributed by atoms with Crippen molar-refractivity contribution in [2.75, 3.05) is 0 Å². The van der Waals surface area contributed by atoms with Gasteiger partial charge in [-0.2, -0.15) is 0 Å². The largest absolute Gasteiger partial charge is 0.508 e. The third-order valence-corrected chi connectivity index (χ3v) is 1.89. The number of benzene rings is 1. The average Bonchev–Trinajstić information content (AvgIpc) is 2.21. The van der Waals surface area contributed by atoms with Crippen molar-refractivity contribution in [3.63, 3.8) is 0 Å². The van der Waals surface area contributed by atoms with Crippen LogP contribution >= 0.6 is 12.2 Å². The second-order valence-electron chi connectivity index (χ2n) is 2.86. The molecule has 1 rings (SSSR count). The zero-order valence-corrected chi connectivity index (χ0v) is 9.14. The fraction of sp³-hybridized carbons (Fsp3) is 0.100. The van der Waals surface area contributed by atoms with Gasteiger partial charge in [-0.3, -0.25) is 10.9 Å². The highest BCUT2D eigenvalue weighted by atomic mass is 32.1. The van der Waals surface area contributed by atoms with E-state index in [1.165, 1.54) is 0 Å². The van der Waals surface area contributed by atoms with Crippen molar-refractivity contribution in [2.45, 2.75) is 6.92 Å². The molecule has 0 aliphatic heterocycles. The van der Waals surface area contributed by atoms with Crippen LogP contribution in [0.15, 0.2) is 30.3 Å². The van der Waals surface area contributed by atoms with E-state index in [1.807, 2.05) is 13.0 Å². The van der Waals surface area contributed by atoms with E-state index in [0.717, 1.165) is 11.3 Å². The predicted molar refractivity (Wildman–Crippen MR) is 64.8 cm³/mol. The number of allylic oxidation sites excluding steroid dienone is 1. The fourth-order valence-electron chi connectivity index (χ4n) is 1.08. The molecule has 80 valence electrons. The van der Waals surface area contributed by atoms with Crippen molar-refractivity contribution in [1.29, 1.82) is 0 Å². The molecule has 0 aliphatic carbocycles. The highest BCUT2D eigenvalue weighted by Crippen LogP contribution is 2.15. The zero-order valence-electron chi connectivity index (χ0n) is 8.32. The Morgan fingerprint density at radius 3 is 2.40 bits per heavy atom. The summed E-state index contributed by atoms with van der Waals surface area (Å²) in [5.74, 6) is 0.233. The monoisotopic (exact) mass is 223 g/mol. The molecule has 1 aromatic carbocycles. The topological polar surface area (TPSA) is 70.3 Å². The molecule has 0 spiro atoms. The Morgan fingerprint density at radius 2 is 1.93 bits per heavy atom. The van der Waals surface area contributed by atoms with Gasteiger partial charge in [0, 0.05) is 0 Å². The molecule has 0 bridgehead atoms. The number of hydrogen-bond donors (Lipinski definition) is 4. The van der Waals surface area contributed by atoms with Gasteiger partial charge in [-0.25, -0.2) is 0 Å². The first-order chi connectivity index (χ1) is 7.13. The van der Waals surface area contributed by atoms with Crippen LogP contribution in [0.25, 0.3) is 5.70 Å². The maximum absolute atomic E-state index is 9.13. The summed E-state index contributed by atoms with van der Waals surface area (Å²) in [6.07, 6.45) is 1.87. The maximum atomic E-state index is 9.13. The Morgan fingerprint density at radius 1 is 1.33 bits per heavy atom. The van der Waals surface area contributed by atoms with Crippen LogP contribution in [-0.4, -0.2) is 10.2 Å². The van der Waals surface area contributed by atoms with Crippen LogP contribution in [0.5, 0.6) is 5.75 Å². The lowest BCUT2D eigenvalue weighted by atomic mass is 10.1. The van der Waals surface area contributed by atoms with Gasteiger partial charge in [-0.1, -0.05) is 6.08 Å². The van der Waals surface area contributed by atoms with Gasteiger partial charge >= 0.3 is 0 Å². The van der Waals surface area contributed by atoms with Crippen LogP contribution in [0, 0.1) is 0 Å². The van der Waals surface area contributed by atoms with E-state index in [0.29, 0.717) is 0 Å². The smallest absolute Gasteiger partial charge is 0.182 e. The van der Waals surface area contributed by atoms with Crippen LogP contribution in [0.3, 0.4) is 0 Å². The molecule has 0 aliphatic rings. The van der Waals surface area contributed by atoms with Crippen LogP contribution < -0.4 is 16.6 Å². The first kappa shape index (κ1) is 11.3. The van der Waals surface area contributed by atoms with E-state index >= 15 is 0 Å². The maximum Gasteiger partial charge on any atom is 0.182 e. The number of phenolic OH excluding ortho intramolecular Hbond substituents is 1. The van der Waals surface area contributed by atoms with Gasteiger partial charge in [0.05, 0.1) is 5.70 Å². The second-order valence-corrected chi connectivity index (χ2v) is 3.30. The van der Waals surface area contributed by atoms with Crippen LogP contribution in [0.2, 0.25) is 0 Å². The predicted octanol–water partition coefficient (Wildman–Crippen LogP) is 1.09. The Balaban J connectivity index is 2.75. The van der Waals surface area contributed by atoms with Gasteiger partial charge < -0.3 is 10.8 Å². The number of rotatable bonds is 3. The van der Waals surface area contributed by atoms with E-state index in [9.17, 15) is 0 Å². The molecule has 0 heterocycles. The number of nitrogens with one attached hydrogen (secondary N) is 2. The normalized spacial score (nSPS) is 10.9. The van der Waals surface area contributed by atoms with E-state index in [2.05, 4.69) is 23.1 Å². The van der Waals surface area contributed by atoms with Gasteiger partial charge in [0.1, 0.15) is 5.75 Å². The number of nitrogens with two attached hydrogens (primary N) is 1. The number of thiocarbonyl (C=S) groups is 1. The van der Waals surface area contributed by atoms with Gasteiger partial charge in [0.2, 0.25) is 0 Å².